The molecular weight excluding hydrogens is 492 g/mol. The van der Waals surface area contributed by atoms with Crippen molar-refractivity contribution in [2.75, 3.05) is 32.7 Å². The highest BCUT2D eigenvalue weighted by molar-refractivity contribution is 7.10. The Bertz CT molecular complexity index is 1260. The van der Waals surface area contributed by atoms with E-state index in [0.29, 0.717) is 32.6 Å². The highest BCUT2D eigenvalue weighted by atomic mass is 32.1. The number of amides is 2. The molecule has 0 saturated carbocycles. The van der Waals surface area contributed by atoms with Gasteiger partial charge in [-0.1, -0.05) is 24.3 Å². The van der Waals surface area contributed by atoms with Gasteiger partial charge in [0.15, 0.2) is 0 Å². The summed E-state index contributed by atoms with van der Waals surface area (Å²) in [5.41, 5.74) is 2.89. The Balaban J connectivity index is 1.18. The Labute approximate surface area is 220 Å². The summed E-state index contributed by atoms with van der Waals surface area (Å²) in [5, 5.41) is 2.09. The average Bonchev–Trinajstić information content (AvgIpc) is 3.37. The van der Waals surface area contributed by atoms with E-state index in [-0.39, 0.29) is 42.0 Å². The van der Waals surface area contributed by atoms with Crippen LogP contribution in [0.3, 0.4) is 0 Å². The second-order valence-electron chi connectivity index (χ2n) is 9.87. The van der Waals surface area contributed by atoms with Gasteiger partial charge in [-0.15, -0.1) is 11.3 Å². The third-order valence-corrected chi connectivity index (χ3v) is 8.41. The van der Waals surface area contributed by atoms with Gasteiger partial charge in [-0.3, -0.25) is 14.5 Å². The van der Waals surface area contributed by atoms with Crippen LogP contribution in [0.25, 0.3) is 0 Å². The molecule has 194 valence electrons. The number of nitrogens with zero attached hydrogens (tertiary/aromatic N) is 3. The van der Waals surface area contributed by atoms with E-state index in [0.717, 1.165) is 24.1 Å². The Morgan fingerprint density at radius 3 is 2.54 bits per heavy atom. The van der Waals surface area contributed by atoms with Crippen molar-refractivity contribution in [3.63, 3.8) is 0 Å². The van der Waals surface area contributed by atoms with E-state index in [1.807, 2.05) is 22.8 Å². The number of carbonyl (C=O) groups excluding carboxylic acids is 2. The molecule has 8 heteroatoms. The molecule has 1 aromatic heterocycles. The van der Waals surface area contributed by atoms with Crippen LogP contribution in [0.5, 0.6) is 0 Å². The van der Waals surface area contributed by atoms with Crippen molar-refractivity contribution >= 4 is 23.2 Å². The number of piperazine rings is 1. The molecule has 37 heavy (non-hydrogen) atoms. The molecule has 0 N–H and O–H groups in total. The summed E-state index contributed by atoms with van der Waals surface area (Å²) in [4.78, 5) is 33.3. The van der Waals surface area contributed by atoms with Gasteiger partial charge in [0.25, 0.3) is 0 Å². The number of benzene rings is 2. The standard InChI is InChI=1S/C29H31F2N3O2S/c1-20-19-33(14-15-34(20)28(36)17-21-5-7-23(30)8-6-21)27(35)10-13-32-12-9-26-25(11-16-37-26)29(32)22-3-2-4-24(31)18-22/h2-8,11,16,18,20,29H,9-10,12-15,17,19H2,1H3. The normalized spacial score (nSPS) is 20.1. The molecule has 2 aliphatic heterocycles. The number of rotatable bonds is 6. The van der Waals surface area contributed by atoms with Crippen LogP contribution in [-0.4, -0.2) is 65.3 Å². The molecule has 2 atom stereocenters. The van der Waals surface area contributed by atoms with Crippen LogP contribution in [0.15, 0.2) is 60.0 Å². The van der Waals surface area contributed by atoms with Crippen LogP contribution in [0.2, 0.25) is 0 Å². The topological polar surface area (TPSA) is 43.9 Å². The zero-order chi connectivity index (χ0) is 25.9. The first-order valence-electron chi connectivity index (χ1n) is 12.8. The zero-order valence-electron chi connectivity index (χ0n) is 20.9. The molecule has 1 saturated heterocycles. The number of fused-ring (bicyclic) bond motifs is 1. The first kappa shape index (κ1) is 25.5. The Morgan fingerprint density at radius 1 is 0.973 bits per heavy atom. The summed E-state index contributed by atoms with van der Waals surface area (Å²) in [6.07, 6.45) is 1.53. The summed E-state index contributed by atoms with van der Waals surface area (Å²) in [6, 6.07) is 14.7. The van der Waals surface area contributed by atoms with Gasteiger partial charge in [0.2, 0.25) is 11.8 Å². The quantitative estimate of drug-likeness (QED) is 0.472. The second-order valence-corrected chi connectivity index (χ2v) is 10.9. The van der Waals surface area contributed by atoms with Gasteiger partial charge in [-0.2, -0.15) is 0 Å². The fourth-order valence-corrected chi connectivity index (χ4v) is 6.41. The van der Waals surface area contributed by atoms with E-state index in [4.69, 9.17) is 0 Å². The maximum absolute atomic E-state index is 14.1. The first-order valence-corrected chi connectivity index (χ1v) is 13.6. The van der Waals surface area contributed by atoms with Crippen molar-refractivity contribution < 1.29 is 18.4 Å². The van der Waals surface area contributed by atoms with Crippen LogP contribution in [0, 0.1) is 11.6 Å². The molecule has 5 rings (SSSR count). The lowest BCUT2D eigenvalue weighted by Gasteiger charge is -2.41. The number of hydrogen-bond donors (Lipinski definition) is 0. The van der Waals surface area contributed by atoms with Gasteiger partial charge in [0.1, 0.15) is 11.6 Å². The molecule has 2 unspecified atom stereocenters. The molecular formula is C29H31F2N3O2S. The molecule has 3 aromatic rings. The Kier molecular flexibility index (Phi) is 7.67. The summed E-state index contributed by atoms with van der Waals surface area (Å²) < 4.78 is 27.2. The van der Waals surface area contributed by atoms with Gasteiger partial charge < -0.3 is 9.80 Å². The minimum atomic E-state index is -0.320. The lowest BCUT2D eigenvalue weighted by atomic mass is 9.93. The molecule has 2 aromatic carbocycles. The maximum atomic E-state index is 14.1. The number of halogens is 2. The minimum Gasteiger partial charge on any atom is -0.339 e. The summed E-state index contributed by atoms with van der Waals surface area (Å²) in [7, 11) is 0. The molecule has 3 heterocycles. The van der Waals surface area contributed by atoms with E-state index in [2.05, 4.69) is 16.3 Å². The number of hydrogen-bond acceptors (Lipinski definition) is 4. The average molecular weight is 524 g/mol. The Hall–Kier alpha value is -3.10. The van der Waals surface area contributed by atoms with Crippen molar-refractivity contribution in [2.24, 2.45) is 0 Å². The number of carbonyl (C=O) groups is 2. The molecule has 0 bridgehead atoms. The highest BCUT2D eigenvalue weighted by Crippen LogP contribution is 2.38. The smallest absolute Gasteiger partial charge is 0.227 e. The van der Waals surface area contributed by atoms with Gasteiger partial charge in [0, 0.05) is 50.1 Å². The molecule has 2 aliphatic rings. The Morgan fingerprint density at radius 2 is 1.78 bits per heavy atom. The summed E-state index contributed by atoms with van der Waals surface area (Å²) in [6.45, 7) is 4.86. The van der Waals surface area contributed by atoms with Gasteiger partial charge in [0.05, 0.1) is 12.5 Å². The molecule has 0 radical (unpaired) electrons. The summed E-state index contributed by atoms with van der Waals surface area (Å²) in [5.74, 6) is -0.508. The van der Waals surface area contributed by atoms with E-state index in [1.165, 1.54) is 28.6 Å². The largest absolute Gasteiger partial charge is 0.339 e. The van der Waals surface area contributed by atoms with Crippen LogP contribution in [-0.2, 0) is 22.4 Å². The van der Waals surface area contributed by atoms with Crippen molar-refractivity contribution in [2.45, 2.75) is 38.3 Å². The monoisotopic (exact) mass is 523 g/mol. The van der Waals surface area contributed by atoms with Gasteiger partial charge in [-0.05, 0) is 65.7 Å². The third-order valence-electron chi connectivity index (χ3n) is 7.41. The molecule has 0 spiro atoms. The molecule has 2 amide bonds. The van der Waals surface area contributed by atoms with Gasteiger partial charge in [-0.25, -0.2) is 8.78 Å². The van der Waals surface area contributed by atoms with E-state index >= 15 is 0 Å². The first-order chi connectivity index (χ1) is 17.9. The van der Waals surface area contributed by atoms with Gasteiger partial charge >= 0.3 is 0 Å². The van der Waals surface area contributed by atoms with Crippen LogP contribution in [0.1, 0.15) is 41.0 Å². The minimum absolute atomic E-state index is 0.0102. The fourth-order valence-electron chi connectivity index (χ4n) is 5.51. The van der Waals surface area contributed by atoms with Crippen molar-refractivity contribution in [3.8, 4) is 0 Å². The zero-order valence-corrected chi connectivity index (χ0v) is 21.7. The third kappa shape index (κ3) is 5.75. The molecule has 5 nitrogen and oxygen atoms in total. The highest BCUT2D eigenvalue weighted by Gasteiger charge is 2.32. The van der Waals surface area contributed by atoms with Crippen LogP contribution >= 0.6 is 11.3 Å². The summed E-state index contributed by atoms with van der Waals surface area (Å²) >= 11 is 1.74. The van der Waals surface area contributed by atoms with Crippen molar-refractivity contribution in [1.82, 2.24) is 14.7 Å². The van der Waals surface area contributed by atoms with Crippen LogP contribution in [0.4, 0.5) is 8.78 Å². The predicted octanol–water partition coefficient (Wildman–Crippen LogP) is 4.67. The molecule has 1 fully saturated rings. The predicted molar refractivity (Wildman–Crippen MR) is 140 cm³/mol. The molecule has 0 aliphatic carbocycles. The van der Waals surface area contributed by atoms with E-state index in [9.17, 15) is 18.4 Å². The van der Waals surface area contributed by atoms with Crippen molar-refractivity contribution in [1.29, 1.82) is 0 Å². The fraction of sp³-hybridized carbons (Fsp3) is 0.379. The maximum Gasteiger partial charge on any atom is 0.227 e. The lowest BCUT2D eigenvalue weighted by Crippen LogP contribution is -2.56. The van der Waals surface area contributed by atoms with Crippen molar-refractivity contribution in [3.05, 3.63) is 93.2 Å². The van der Waals surface area contributed by atoms with E-state index in [1.54, 1.807) is 35.6 Å². The van der Waals surface area contributed by atoms with E-state index < -0.39 is 0 Å². The second kappa shape index (κ2) is 11.1. The lowest BCUT2D eigenvalue weighted by molar-refractivity contribution is -0.142. The SMILES string of the molecule is CC1CN(C(=O)CCN2CCc3sccc3C2c2cccc(F)c2)CCN1C(=O)Cc1ccc(F)cc1. The van der Waals surface area contributed by atoms with Crippen LogP contribution < -0.4 is 0 Å². The number of thiophene rings is 1.